The standard InChI is InChI=1S/C15H11NOS2/c17-13(11-4-2-1-3-5-11)8-10-6-7-12-14(9-10)19-15(18)16-12/h1-7,9H,8H2,(H,16,18). The molecule has 0 unspecified atom stereocenters. The van der Waals surface area contributed by atoms with Crippen LogP contribution in [0.5, 0.6) is 0 Å². The second-order valence-electron chi connectivity index (χ2n) is 4.31. The van der Waals surface area contributed by atoms with Gasteiger partial charge >= 0.3 is 0 Å². The van der Waals surface area contributed by atoms with Crippen molar-refractivity contribution in [3.05, 3.63) is 63.6 Å². The quantitative estimate of drug-likeness (QED) is 0.572. The lowest BCUT2D eigenvalue weighted by Gasteiger charge is -2.01. The number of Topliss-reactive ketones (excluding diaryl/α,β-unsaturated/α-hetero) is 1. The van der Waals surface area contributed by atoms with Crippen molar-refractivity contribution in [2.45, 2.75) is 6.42 Å². The van der Waals surface area contributed by atoms with Gasteiger partial charge in [0.05, 0.1) is 10.2 Å². The number of carbonyl (C=O) groups is 1. The van der Waals surface area contributed by atoms with E-state index in [4.69, 9.17) is 12.2 Å². The zero-order chi connectivity index (χ0) is 13.2. The fraction of sp³-hybridized carbons (Fsp3) is 0.0667. The summed E-state index contributed by atoms with van der Waals surface area (Å²) in [7, 11) is 0. The molecule has 0 bridgehead atoms. The molecule has 0 aliphatic heterocycles. The number of fused-ring (bicyclic) bond motifs is 1. The van der Waals surface area contributed by atoms with Crippen molar-refractivity contribution < 1.29 is 4.79 Å². The number of carbonyl (C=O) groups excluding carboxylic acids is 1. The summed E-state index contributed by atoms with van der Waals surface area (Å²) >= 11 is 6.65. The number of hydrogen-bond donors (Lipinski definition) is 1. The van der Waals surface area contributed by atoms with E-state index in [2.05, 4.69) is 4.98 Å². The van der Waals surface area contributed by atoms with Crippen LogP contribution in [0.25, 0.3) is 10.2 Å². The molecule has 2 aromatic carbocycles. The number of H-pyrrole nitrogens is 1. The molecule has 94 valence electrons. The molecule has 0 aliphatic rings. The average molecular weight is 285 g/mol. The molecule has 0 aliphatic carbocycles. The van der Waals surface area contributed by atoms with Crippen molar-refractivity contribution in [3.8, 4) is 0 Å². The second kappa shape index (κ2) is 5.07. The Kier molecular flexibility index (Phi) is 3.27. The summed E-state index contributed by atoms with van der Waals surface area (Å²) in [6.07, 6.45) is 0.421. The third kappa shape index (κ3) is 2.64. The van der Waals surface area contributed by atoms with Gasteiger partial charge in [0.1, 0.15) is 0 Å². The molecule has 19 heavy (non-hydrogen) atoms. The predicted molar refractivity (Wildman–Crippen MR) is 81.5 cm³/mol. The lowest BCUT2D eigenvalue weighted by atomic mass is 10.0. The van der Waals surface area contributed by atoms with Crippen LogP contribution in [-0.4, -0.2) is 10.8 Å². The topological polar surface area (TPSA) is 32.9 Å². The average Bonchev–Trinajstić information content (AvgIpc) is 2.79. The van der Waals surface area contributed by atoms with E-state index in [-0.39, 0.29) is 5.78 Å². The number of hydrogen-bond acceptors (Lipinski definition) is 3. The molecule has 4 heteroatoms. The highest BCUT2D eigenvalue weighted by atomic mass is 32.1. The maximum atomic E-state index is 12.1. The van der Waals surface area contributed by atoms with Crippen LogP contribution >= 0.6 is 23.6 Å². The lowest BCUT2D eigenvalue weighted by Crippen LogP contribution is -2.02. The molecular formula is C15H11NOS2. The van der Waals surface area contributed by atoms with Crippen LogP contribution in [0.2, 0.25) is 0 Å². The Morgan fingerprint density at radius 1 is 1.16 bits per heavy atom. The Balaban J connectivity index is 1.89. The van der Waals surface area contributed by atoms with Crippen molar-refractivity contribution in [1.29, 1.82) is 0 Å². The fourth-order valence-corrected chi connectivity index (χ4v) is 3.19. The molecule has 0 saturated carbocycles. The first-order valence-corrected chi connectivity index (χ1v) is 7.15. The molecule has 2 nitrogen and oxygen atoms in total. The van der Waals surface area contributed by atoms with Crippen molar-refractivity contribution in [2.75, 3.05) is 0 Å². The van der Waals surface area contributed by atoms with Gasteiger partial charge in [-0.15, -0.1) is 11.3 Å². The van der Waals surface area contributed by atoms with Crippen molar-refractivity contribution in [2.24, 2.45) is 0 Å². The summed E-state index contributed by atoms with van der Waals surface area (Å²) in [5.74, 6) is 0.138. The zero-order valence-corrected chi connectivity index (χ0v) is 11.7. The van der Waals surface area contributed by atoms with Gasteiger partial charge in [0.15, 0.2) is 9.74 Å². The molecule has 1 aromatic heterocycles. The predicted octanol–water partition coefficient (Wildman–Crippen LogP) is 4.38. The summed E-state index contributed by atoms with van der Waals surface area (Å²) in [5.41, 5.74) is 2.81. The molecular weight excluding hydrogens is 274 g/mol. The van der Waals surface area contributed by atoms with Crippen LogP contribution in [0.3, 0.4) is 0 Å². The monoisotopic (exact) mass is 285 g/mol. The van der Waals surface area contributed by atoms with E-state index in [0.717, 1.165) is 25.3 Å². The van der Waals surface area contributed by atoms with Crippen molar-refractivity contribution >= 4 is 39.6 Å². The Morgan fingerprint density at radius 2 is 1.95 bits per heavy atom. The fourth-order valence-electron chi connectivity index (χ4n) is 2.01. The highest BCUT2D eigenvalue weighted by molar-refractivity contribution is 7.73. The lowest BCUT2D eigenvalue weighted by molar-refractivity contribution is 0.0993. The summed E-state index contributed by atoms with van der Waals surface area (Å²) in [6.45, 7) is 0. The molecule has 0 saturated heterocycles. The van der Waals surface area contributed by atoms with Gasteiger partial charge in [0.2, 0.25) is 0 Å². The Labute approximate surface area is 119 Å². The van der Waals surface area contributed by atoms with Gasteiger partial charge in [-0.2, -0.15) is 0 Å². The second-order valence-corrected chi connectivity index (χ2v) is 6.03. The van der Waals surface area contributed by atoms with Crippen LogP contribution in [0.15, 0.2) is 48.5 Å². The van der Waals surface area contributed by atoms with Gasteiger partial charge in [-0.1, -0.05) is 36.4 Å². The van der Waals surface area contributed by atoms with Crippen molar-refractivity contribution in [3.63, 3.8) is 0 Å². The maximum absolute atomic E-state index is 12.1. The van der Waals surface area contributed by atoms with Crippen LogP contribution in [-0.2, 0) is 6.42 Å². The van der Waals surface area contributed by atoms with E-state index in [1.165, 1.54) is 11.3 Å². The minimum absolute atomic E-state index is 0.138. The summed E-state index contributed by atoms with van der Waals surface area (Å²) in [5, 5.41) is 0. The maximum Gasteiger partial charge on any atom is 0.167 e. The van der Waals surface area contributed by atoms with Crippen molar-refractivity contribution in [1.82, 2.24) is 4.98 Å². The van der Waals surface area contributed by atoms with E-state index in [1.807, 2.05) is 48.5 Å². The SMILES string of the molecule is O=C(Cc1ccc2[nH]c(=S)sc2c1)c1ccccc1. The molecule has 3 rings (SSSR count). The van der Waals surface area contributed by atoms with Gasteiger partial charge in [-0.05, 0) is 29.9 Å². The van der Waals surface area contributed by atoms with E-state index in [9.17, 15) is 4.79 Å². The minimum atomic E-state index is 0.138. The Morgan fingerprint density at radius 3 is 2.74 bits per heavy atom. The molecule has 0 atom stereocenters. The summed E-state index contributed by atoms with van der Waals surface area (Å²) in [6, 6.07) is 15.4. The first kappa shape index (κ1) is 12.3. The molecule has 0 fully saturated rings. The van der Waals surface area contributed by atoms with Crippen LogP contribution in [0.1, 0.15) is 15.9 Å². The van der Waals surface area contributed by atoms with Gasteiger partial charge in [-0.25, -0.2) is 0 Å². The van der Waals surface area contributed by atoms with E-state index >= 15 is 0 Å². The van der Waals surface area contributed by atoms with Gasteiger partial charge in [-0.3, -0.25) is 4.79 Å². The number of ketones is 1. The molecule has 1 N–H and O–H groups in total. The summed E-state index contributed by atoms with van der Waals surface area (Å²) in [4.78, 5) is 15.2. The third-order valence-corrected chi connectivity index (χ3v) is 4.14. The largest absolute Gasteiger partial charge is 0.337 e. The van der Waals surface area contributed by atoms with Crippen LogP contribution in [0, 0.1) is 3.95 Å². The highest BCUT2D eigenvalue weighted by Gasteiger charge is 2.07. The smallest absolute Gasteiger partial charge is 0.167 e. The van der Waals surface area contributed by atoms with E-state index in [0.29, 0.717) is 6.42 Å². The summed E-state index contributed by atoms with van der Waals surface area (Å²) < 4.78 is 1.87. The van der Waals surface area contributed by atoms with Gasteiger partial charge in [0.25, 0.3) is 0 Å². The number of thiazole rings is 1. The molecule has 0 radical (unpaired) electrons. The highest BCUT2D eigenvalue weighted by Crippen LogP contribution is 2.21. The normalized spacial score (nSPS) is 10.7. The van der Waals surface area contributed by atoms with Crippen LogP contribution in [0.4, 0.5) is 0 Å². The third-order valence-electron chi connectivity index (χ3n) is 2.95. The number of nitrogens with one attached hydrogen (secondary N) is 1. The zero-order valence-electron chi connectivity index (χ0n) is 10.1. The first-order valence-electron chi connectivity index (χ1n) is 5.92. The molecule has 1 heterocycles. The molecule has 0 spiro atoms. The Bertz CT molecular complexity index is 787. The van der Waals surface area contributed by atoms with Gasteiger partial charge < -0.3 is 4.98 Å². The van der Waals surface area contributed by atoms with Crippen LogP contribution < -0.4 is 0 Å². The molecule has 0 amide bonds. The minimum Gasteiger partial charge on any atom is -0.337 e. The number of rotatable bonds is 3. The number of aromatic nitrogens is 1. The van der Waals surface area contributed by atoms with E-state index in [1.54, 1.807) is 0 Å². The van der Waals surface area contributed by atoms with Gasteiger partial charge in [0, 0.05) is 12.0 Å². The first-order chi connectivity index (χ1) is 9.22. The molecule has 3 aromatic rings. The Hall–Kier alpha value is -1.78. The number of aromatic amines is 1. The number of benzene rings is 2. The van der Waals surface area contributed by atoms with E-state index < -0.39 is 0 Å².